The summed E-state index contributed by atoms with van der Waals surface area (Å²) in [6.07, 6.45) is 5.38. The molecule has 0 aromatic rings. The summed E-state index contributed by atoms with van der Waals surface area (Å²) in [4.78, 5) is 0. The second kappa shape index (κ2) is 5.21. The molecule has 0 aromatic carbocycles. The molecule has 0 heterocycles. The van der Waals surface area contributed by atoms with Crippen molar-refractivity contribution in [1.82, 2.24) is 0 Å². The van der Waals surface area contributed by atoms with Crippen LogP contribution in [0.4, 0.5) is 0 Å². The molecule has 3 rings (SSSR count). The summed E-state index contributed by atoms with van der Waals surface area (Å²) in [5.74, 6) is 0.318. The third kappa shape index (κ3) is 2.22. The topological polar surface area (TPSA) is 40.5 Å². The van der Waals surface area contributed by atoms with Gasteiger partial charge in [-0.05, 0) is 67.8 Å². The second-order valence-electron chi connectivity index (χ2n) is 8.88. The first-order valence-electron chi connectivity index (χ1n) is 8.92. The van der Waals surface area contributed by atoms with Crippen molar-refractivity contribution in [2.24, 2.45) is 22.7 Å². The molecule has 0 aliphatic heterocycles. The smallest absolute Gasteiger partial charge is 0.0751 e. The molecule has 3 aliphatic rings. The summed E-state index contributed by atoms with van der Waals surface area (Å²) in [6.45, 7) is 13.4. The number of aliphatic hydroxyl groups excluding tert-OH is 2. The summed E-state index contributed by atoms with van der Waals surface area (Å²) >= 11 is 0. The SMILES string of the molecule is C=C1C(O)CCC2(C)CCC3=C(C)CCC(C(O)C12)C3(C)C. The molecule has 2 N–H and O–H groups in total. The van der Waals surface area contributed by atoms with Crippen molar-refractivity contribution < 1.29 is 10.2 Å². The van der Waals surface area contributed by atoms with E-state index < -0.39 is 6.10 Å². The highest BCUT2D eigenvalue weighted by molar-refractivity contribution is 5.29. The van der Waals surface area contributed by atoms with Crippen LogP contribution in [0.15, 0.2) is 23.3 Å². The quantitative estimate of drug-likeness (QED) is 0.658. The van der Waals surface area contributed by atoms with E-state index in [-0.39, 0.29) is 28.8 Å². The number of aliphatic hydroxyl groups is 2. The van der Waals surface area contributed by atoms with Crippen molar-refractivity contribution in [2.45, 2.75) is 78.4 Å². The van der Waals surface area contributed by atoms with Gasteiger partial charge in [-0.2, -0.15) is 0 Å². The van der Waals surface area contributed by atoms with E-state index in [0.717, 1.165) is 44.1 Å². The van der Waals surface area contributed by atoms with Crippen molar-refractivity contribution in [2.75, 3.05) is 0 Å². The maximum absolute atomic E-state index is 11.3. The zero-order valence-corrected chi connectivity index (χ0v) is 14.7. The fraction of sp³-hybridized carbons (Fsp3) is 0.800. The van der Waals surface area contributed by atoms with Crippen LogP contribution in [0.1, 0.15) is 66.2 Å². The van der Waals surface area contributed by atoms with Crippen molar-refractivity contribution in [1.29, 1.82) is 0 Å². The highest BCUT2D eigenvalue weighted by atomic mass is 16.3. The Morgan fingerprint density at radius 2 is 1.73 bits per heavy atom. The Morgan fingerprint density at radius 1 is 1.05 bits per heavy atom. The average molecular weight is 304 g/mol. The summed E-state index contributed by atoms with van der Waals surface area (Å²) in [7, 11) is 0. The van der Waals surface area contributed by atoms with Crippen LogP contribution in [0.5, 0.6) is 0 Å². The van der Waals surface area contributed by atoms with Gasteiger partial charge >= 0.3 is 0 Å². The Kier molecular flexibility index (Phi) is 3.85. The molecule has 0 amide bonds. The monoisotopic (exact) mass is 304 g/mol. The van der Waals surface area contributed by atoms with Crippen molar-refractivity contribution in [3.05, 3.63) is 23.3 Å². The fourth-order valence-electron chi connectivity index (χ4n) is 5.81. The molecule has 2 heteroatoms. The summed E-state index contributed by atoms with van der Waals surface area (Å²) < 4.78 is 0. The Morgan fingerprint density at radius 3 is 2.41 bits per heavy atom. The molecule has 22 heavy (non-hydrogen) atoms. The minimum atomic E-state index is -0.435. The van der Waals surface area contributed by atoms with Crippen LogP contribution < -0.4 is 0 Å². The molecule has 0 saturated heterocycles. The second-order valence-corrected chi connectivity index (χ2v) is 8.88. The summed E-state index contributed by atoms with van der Waals surface area (Å²) in [6, 6.07) is 0. The molecule has 5 unspecified atom stereocenters. The molecular weight excluding hydrogens is 272 g/mol. The first-order chi connectivity index (χ1) is 10.2. The summed E-state index contributed by atoms with van der Waals surface area (Å²) in [5, 5.41) is 21.6. The fourth-order valence-corrected chi connectivity index (χ4v) is 5.81. The Hall–Kier alpha value is -0.600. The van der Waals surface area contributed by atoms with E-state index in [9.17, 15) is 10.2 Å². The predicted molar refractivity (Wildman–Crippen MR) is 90.4 cm³/mol. The largest absolute Gasteiger partial charge is 0.392 e. The Bertz CT molecular complexity index is 516. The highest BCUT2D eigenvalue weighted by Gasteiger charge is 2.53. The van der Waals surface area contributed by atoms with Crippen LogP contribution in [0.25, 0.3) is 0 Å². The van der Waals surface area contributed by atoms with Crippen molar-refractivity contribution >= 4 is 0 Å². The van der Waals surface area contributed by atoms with Gasteiger partial charge in [0.15, 0.2) is 0 Å². The number of rotatable bonds is 0. The van der Waals surface area contributed by atoms with Gasteiger partial charge in [-0.25, -0.2) is 0 Å². The van der Waals surface area contributed by atoms with Crippen LogP contribution in [0.2, 0.25) is 0 Å². The molecule has 0 radical (unpaired) electrons. The molecule has 3 aliphatic carbocycles. The first kappa shape index (κ1) is 16.3. The van der Waals surface area contributed by atoms with Crippen molar-refractivity contribution in [3.63, 3.8) is 0 Å². The number of hydrogen-bond acceptors (Lipinski definition) is 2. The zero-order valence-electron chi connectivity index (χ0n) is 14.7. The predicted octanol–water partition coefficient (Wildman–Crippen LogP) is 4.23. The van der Waals surface area contributed by atoms with E-state index >= 15 is 0 Å². The van der Waals surface area contributed by atoms with E-state index in [4.69, 9.17) is 0 Å². The Labute approximate surface area is 135 Å². The molecule has 2 saturated carbocycles. The molecular formula is C20H32O2. The van der Waals surface area contributed by atoms with Crippen LogP contribution in [-0.4, -0.2) is 22.4 Å². The lowest BCUT2D eigenvalue weighted by molar-refractivity contribution is -0.0718. The van der Waals surface area contributed by atoms with Crippen LogP contribution >= 0.6 is 0 Å². The lowest BCUT2D eigenvalue weighted by Crippen LogP contribution is -2.52. The van der Waals surface area contributed by atoms with Gasteiger partial charge in [-0.15, -0.1) is 0 Å². The van der Waals surface area contributed by atoms with E-state index in [2.05, 4.69) is 34.3 Å². The zero-order chi connectivity index (χ0) is 16.3. The van der Waals surface area contributed by atoms with E-state index in [1.165, 1.54) is 0 Å². The van der Waals surface area contributed by atoms with Gasteiger partial charge in [-0.3, -0.25) is 0 Å². The molecule has 0 aromatic heterocycles. The molecule has 5 atom stereocenters. The molecule has 124 valence electrons. The summed E-state index contributed by atoms with van der Waals surface area (Å²) in [5.41, 5.74) is 4.15. The number of fused-ring (bicyclic) bond motifs is 3. The minimum Gasteiger partial charge on any atom is -0.392 e. The van der Waals surface area contributed by atoms with Crippen LogP contribution in [0.3, 0.4) is 0 Å². The van der Waals surface area contributed by atoms with Gasteiger partial charge in [0.1, 0.15) is 0 Å². The van der Waals surface area contributed by atoms with E-state index in [1.807, 2.05) is 0 Å². The molecule has 2 bridgehead atoms. The standard InChI is InChI=1S/C20H32O2/c1-12-6-7-15-18(22)17-13(2)16(21)9-11-20(17,5)10-8-14(12)19(15,3)4/h15-18,21-22H,2,6-11H2,1,3-5H3. The third-order valence-corrected chi connectivity index (χ3v) is 7.32. The average Bonchev–Trinajstić information content (AvgIpc) is 2.42. The lowest BCUT2D eigenvalue weighted by Gasteiger charge is -2.55. The van der Waals surface area contributed by atoms with Gasteiger partial charge in [0.25, 0.3) is 0 Å². The van der Waals surface area contributed by atoms with Crippen LogP contribution in [0, 0.1) is 22.7 Å². The van der Waals surface area contributed by atoms with Crippen molar-refractivity contribution in [3.8, 4) is 0 Å². The highest BCUT2D eigenvalue weighted by Crippen LogP contribution is 2.58. The lowest BCUT2D eigenvalue weighted by atomic mass is 9.51. The first-order valence-corrected chi connectivity index (χ1v) is 8.92. The molecule has 2 fully saturated rings. The molecule has 0 spiro atoms. The number of hydrogen-bond donors (Lipinski definition) is 2. The van der Waals surface area contributed by atoms with Gasteiger partial charge in [0.05, 0.1) is 12.2 Å². The maximum Gasteiger partial charge on any atom is 0.0751 e. The normalized spacial score (nSPS) is 45.1. The van der Waals surface area contributed by atoms with E-state index in [0.29, 0.717) is 0 Å². The molecule has 2 nitrogen and oxygen atoms in total. The van der Waals surface area contributed by atoms with E-state index in [1.54, 1.807) is 11.1 Å². The maximum atomic E-state index is 11.3. The van der Waals surface area contributed by atoms with Gasteiger partial charge in [0.2, 0.25) is 0 Å². The van der Waals surface area contributed by atoms with Gasteiger partial charge in [-0.1, -0.05) is 38.5 Å². The van der Waals surface area contributed by atoms with Gasteiger partial charge in [0, 0.05) is 5.92 Å². The van der Waals surface area contributed by atoms with Crippen LogP contribution in [-0.2, 0) is 0 Å². The number of allylic oxidation sites excluding steroid dienone is 2. The minimum absolute atomic E-state index is 0.0421. The van der Waals surface area contributed by atoms with Gasteiger partial charge < -0.3 is 10.2 Å². The third-order valence-electron chi connectivity index (χ3n) is 7.32. The Balaban J connectivity index is 2.07.